The molecule has 0 saturated carbocycles. The summed E-state index contributed by atoms with van der Waals surface area (Å²) in [4.78, 5) is 28.2. The van der Waals surface area contributed by atoms with Crippen LogP contribution >= 0.6 is 11.6 Å². The molecule has 0 aliphatic rings. The lowest BCUT2D eigenvalue weighted by molar-refractivity contribution is 0.0636. The molecule has 0 spiro atoms. The maximum atomic E-state index is 12.4. The lowest BCUT2D eigenvalue weighted by atomic mass is 10.2. The molecule has 0 aliphatic carbocycles. The topological polar surface area (TPSA) is 80.3 Å². The maximum Gasteiger partial charge on any atom is 0.412 e. The van der Waals surface area contributed by atoms with Crippen LogP contribution in [0.2, 0.25) is 5.02 Å². The van der Waals surface area contributed by atoms with Crippen molar-refractivity contribution in [3.63, 3.8) is 0 Å². The van der Waals surface area contributed by atoms with Crippen LogP contribution in [0.4, 0.5) is 16.2 Å². The standard InChI is InChI=1S/C17H18ClN3O3/c1-17(2,3)24-16(23)21-14-10-19-9-8-13(14)15(22)20-12-6-4-11(18)5-7-12/h4-10H,1-3H3,(H,20,22)(H,21,23). The first-order valence-corrected chi connectivity index (χ1v) is 7.63. The zero-order chi connectivity index (χ0) is 17.7. The molecule has 126 valence electrons. The van der Waals surface area contributed by atoms with Crippen LogP contribution in [0.5, 0.6) is 0 Å². The van der Waals surface area contributed by atoms with E-state index < -0.39 is 11.7 Å². The van der Waals surface area contributed by atoms with Crippen LogP contribution in [-0.4, -0.2) is 22.6 Å². The van der Waals surface area contributed by atoms with E-state index in [1.165, 1.54) is 18.5 Å². The van der Waals surface area contributed by atoms with Crippen LogP contribution in [0.25, 0.3) is 0 Å². The Kier molecular flexibility index (Phi) is 5.41. The third-order valence-corrected chi connectivity index (χ3v) is 3.06. The van der Waals surface area contributed by atoms with E-state index in [2.05, 4.69) is 15.6 Å². The van der Waals surface area contributed by atoms with Gasteiger partial charge in [-0.1, -0.05) is 11.6 Å². The van der Waals surface area contributed by atoms with E-state index in [-0.39, 0.29) is 17.2 Å². The fraction of sp³-hybridized carbons (Fsp3) is 0.235. The van der Waals surface area contributed by atoms with Crippen LogP contribution in [0.1, 0.15) is 31.1 Å². The number of pyridine rings is 1. The minimum absolute atomic E-state index is 0.262. The maximum absolute atomic E-state index is 12.4. The molecule has 1 aromatic heterocycles. The van der Waals surface area contributed by atoms with Crippen molar-refractivity contribution in [2.45, 2.75) is 26.4 Å². The molecule has 0 aliphatic heterocycles. The number of nitrogens with zero attached hydrogens (tertiary/aromatic N) is 1. The molecule has 0 atom stereocenters. The van der Waals surface area contributed by atoms with Crippen LogP contribution in [-0.2, 0) is 4.74 Å². The highest BCUT2D eigenvalue weighted by Gasteiger charge is 2.19. The summed E-state index contributed by atoms with van der Waals surface area (Å²) in [5.41, 5.74) is 0.478. The van der Waals surface area contributed by atoms with Gasteiger partial charge in [-0.25, -0.2) is 4.79 Å². The second-order valence-electron chi connectivity index (χ2n) is 6.01. The Balaban J connectivity index is 2.14. The molecule has 1 heterocycles. The summed E-state index contributed by atoms with van der Waals surface area (Å²) in [6, 6.07) is 8.22. The van der Waals surface area contributed by atoms with Crippen LogP contribution in [0, 0.1) is 0 Å². The third-order valence-electron chi connectivity index (χ3n) is 2.80. The number of carbonyl (C=O) groups is 2. The van der Waals surface area contributed by atoms with E-state index in [1.54, 1.807) is 45.0 Å². The summed E-state index contributed by atoms with van der Waals surface area (Å²) in [5.74, 6) is -0.384. The van der Waals surface area contributed by atoms with Gasteiger partial charge in [0.25, 0.3) is 5.91 Å². The molecule has 2 N–H and O–H groups in total. The van der Waals surface area contributed by atoms with Crippen LogP contribution in [0.3, 0.4) is 0 Å². The number of aromatic nitrogens is 1. The van der Waals surface area contributed by atoms with Crippen molar-refractivity contribution in [1.82, 2.24) is 4.98 Å². The minimum atomic E-state index is -0.656. The van der Waals surface area contributed by atoms with Gasteiger partial charge in [-0.2, -0.15) is 0 Å². The van der Waals surface area contributed by atoms with Crippen molar-refractivity contribution < 1.29 is 14.3 Å². The Hall–Kier alpha value is -2.60. The van der Waals surface area contributed by atoms with Gasteiger partial charge in [-0.05, 0) is 51.1 Å². The molecular formula is C17H18ClN3O3. The number of benzene rings is 1. The fourth-order valence-corrected chi connectivity index (χ4v) is 1.96. The van der Waals surface area contributed by atoms with Crippen LogP contribution in [0.15, 0.2) is 42.7 Å². The number of amides is 2. The predicted octanol–water partition coefficient (Wildman–Crippen LogP) is 4.33. The highest BCUT2D eigenvalue weighted by Crippen LogP contribution is 2.19. The van der Waals surface area contributed by atoms with Gasteiger partial charge in [-0.15, -0.1) is 0 Å². The number of anilines is 2. The molecule has 0 saturated heterocycles. The molecule has 0 bridgehead atoms. The molecule has 24 heavy (non-hydrogen) atoms. The average molecular weight is 348 g/mol. The number of hydrogen-bond acceptors (Lipinski definition) is 4. The monoisotopic (exact) mass is 347 g/mol. The van der Waals surface area contributed by atoms with Gasteiger partial charge >= 0.3 is 6.09 Å². The number of rotatable bonds is 3. The van der Waals surface area contributed by atoms with Crippen molar-refractivity contribution in [3.05, 3.63) is 53.3 Å². The molecule has 7 heteroatoms. The summed E-state index contributed by atoms with van der Waals surface area (Å²) in [7, 11) is 0. The lowest BCUT2D eigenvalue weighted by Gasteiger charge is -2.20. The first-order valence-electron chi connectivity index (χ1n) is 7.25. The van der Waals surface area contributed by atoms with E-state index in [0.29, 0.717) is 10.7 Å². The average Bonchev–Trinajstić information content (AvgIpc) is 2.48. The normalized spacial score (nSPS) is 10.8. The van der Waals surface area contributed by atoms with Gasteiger partial charge < -0.3 is 10.1 Å². The second-order valence-corrected chi connectivity index (χ2v) is 6.45. The minimum Gasteiger partial charge on any atom is -0.444 e. The van der Waals surface area contributed by atoms with Gasteiger partial charge in [0.05, 0.1) is 17.4 Å². The van der Waals surface area contributed by atoms with E-state index in [9.17, 15) is 9.59 Å². The number of halogens is 1. The molecule has 2 aromatic rings. The SMILES string of the molecule is CC(C)(C)OC(=O)Nc1cnccc1C(=O)Nc1ccc(Cl)cc1. The second kappa shape index (κ2) is 7.31. The molecular weight excluding hydrogens is 330 g/mol. The number of hydrogen-bond donors (Lipinski definition) is 2. The van der Waals surface area contributed by atoms with Crippen molar-refractivity contribution in [1.29, 1.82) is 0 Å². The number of ether oxygens (including phenoxy) is 1. The van der Waals surface area contributed by atoms with E-state index in [4.69, 9.17) is 16.3 Å². The first-order chi connectivity index (χ1) is 11.2. The summed E-state index contributed by atoms with van der Waals surface area (Å²) >= 11 is 5.82. The summed E-state index contributed by atoms with van der Waals surface area (Å²) in [6.45, 7) is 5.26. The van der Waals surface area contributed by atoms with Crippen molar-refractivity contribution in [2.75, 3.05) is 10.6 Å². The summed E-state index contributed by atoms with van der Waals surface area (Å²) < 4.78 is 5.18. The Morgan fingerprint density at radius 2 is 1.75 bits per heavy atom. The highest BCUT2D eigenvalue weighted by molar-refractivity contribution is 6.30. The summed E-state index contributed by atoms with van der Waals surface area (Å²) in [6.07, 6.45) is 2.20. The van der Waals surface area contributed by atoms with Crippen molar-refractivity contribution in [3.8, 4) is 0 Å². The molecule has 1 aromatic carbocycles. The lowest BCUT2D eigenvalue weighted by Crippen LogP contribution is -2.28. The van der Waals surface area contributed by atoms with Gasteiger partial charge in [0.2, 0.25) is 0 Å². The Labute approximate surface area is 145 Å². The molecule has 0 radical (unpaired) electrons. The van der Waals surface area contributed by atoms with Gasteiger partial charge in [0.15, 0.2) is 0 Å². The van der Waals surface area contributed by atoms with Crippen molar-refractivity contribution >= 4 is 35.0 Å². The quantitative estimate of drug-likeness (QED) is 0.865. The molecule has 2 rings (SSSR count). The fourth-order valence-electron chi connectivity index (χ4n) is 1.84. The Bertz CT molecular complexity index is 739. The van der Waals surface area contributed by atoms with E-state index in [0.717, 1.165) is 0 Å². The predicted molar refractivity (Wildman–Crippen MR) is 93.5 cm³/mol. The molecule has 6 nitrogen and oxygen atoms in total. The van der Waals surface area contributed by atoms with Gasteiger partial charge in [0, 0.05) is 16.9 Å². The summed E-state index contributed by atoms with van der Waals surface area (Å²) in [5, 5.41) is 5.84. The number of carbonyl (C=O) groups excluding carboxylic acids is 2. The largest absolute Gasteiger partial charge is 0.444 e. The molecule has 0 fully saturated rings. The zero-order valence-electron chi connectivity index (χ0n) is 13.6. The first kappa shape index (κ1) is 17.7. The van der Waals surface area contributed by atoms with Gasteiger partial charge in [-0.3, -0.25) is 15.1 Å². The third kappa shape index (κ3) is 5.24. The zero-order valence-corrected chi connectivity index (χ0v) is 14.3. The molecule has 0 unspecified atom stereocenters. The van der Waals surface area contributed by atoms with Gasteiger partial charge in [0.1, 0.15) is 5.60 Å². The van der Waals surface area contributed by atoms with Crippen LogP contribution < -0.4 is 10.6 Å². The highest BCUT2D eigenvalue weighted by atomic mass is 35.5. The van der Waals surface area contributed by atoms with E-state index in [1.807, 2.05) is 0 Å². The van der Waals surface area contributed by atoms with E-state index >= 15 is 0 Å². The van der Waals surface area contributed by atoms with Crippen molar-refractivity contribution in [2.24, 2.45) is 0 Å². The Morgan fingerprint density at radius 3 is 2.38 bits per heavy atom. The smallest absolute Gasteiger partial charge is 0.412 e. The molecule has 2 amide bonds. The Morgan fingerprint density at radius 1 is 1.08 bits per heavy atom. The number of nitrogens with one attached hydrogen (secondary N) is 2.